The standard InChI is InChI=1S/C31H31FN6O3S/c1-20-11-12-33-28(13-20)30(39)31-15-21-17-35-37(24-7-4-23(32)5-8-24)29(21)14-22(31)3-6-26(16-31)38(25-9-10-25)42(40,41)27-18-34-36(2)19-27/h4-5,7-8,11-14,17-19,25-26H,3,6,9-10,15-16H2,1-2H3/t26-,31-/m0/s1. The van der Waals surface area contributed by atoms with Crippen LogP contribution in [0.3, 0.4) is 0 Å². The molecule has 4 aromatic rings. The van der Waals surface area contributed by atoms with Crippen LogP contribution in [0.25, 0.3) is 11.8 Å². The third kappa shape index (κ3) is 4.42. The molecule has 0 saturated heterocycles. The fraction of sp³-hybridized carbons (Fsp3) is 0.355. The van der Waals surface area contributed by atoms with Gasteiger partial charge in [0.2, 0.25) is 10.0 Å². The predicted molar refractivity (Wildman–Crippen MR) is 154 cm³/mol. The third-order valence-corrected chi connectivity index (χ3v) is 10.8. The number of halogens is 1. The Morgan fingerprint density at radius 1 is 1.07 bits per heavy atom. The summed E-state index contributed by atoms with van der Waals surface area (Å²) in [4.78, 5) is 19.2. The van der Waals surface area contributed by atoms with E-state index >= 15 is 0 Å². The van der Waals surface area contributed by atoms with E-state index in [2.05, 4.69) is 15.2 Å². The van der Waals surface area contributed by atoms with Crippen molar-refractivity contribution in [3.8, 4) is 5.69 Å². The summed E-state index contributed by atoms with van der Waals surface area (Å²) in [5.74, 6) is -0.426. The van der Waals surface area contributed by atoms with Crippen molar-refractivity contribution < 1.29 is 17.6 Å². The topological polar surface area (TPSA) is 103 Å². The highest BCUT2D eigenvalue weighted by Gasteiger charge is 2.53. The highest BCUT2D eigenvalue weighted by atomic mass is 32.2. The number of pyridine rings is 1. The Kier molecular flexibility index (Phi) is 6.28. The molecule has 0 unspecified atom stereocenters. The second-order valence-electron chi connectivity index (χ2n) is 11.7. The molecule has 3 aliphatic rings. The lowest BCUT2D eigenvalue weighted by atomic mass is 9.60. The van der Waals surface area contributed by atoms with Crippen LogP contribution in [-0.4, -0.2) is 55.1 Å². The number of aromatic nitrogens is 5. The van der Waals surface area contributed by atoms with Crippen molar-refractivity contribution in [3.63, 3.8) is 0 Å². The predicted octanol–water partition coefficient (Wildman–Crippen LogP) is 4.66. The van der Waals surface area contributed by atoms with Crippen molar-refractivity contribution >= 4 is 21.9 Å². The Balaban J connectivity index is 1.32. The van der Waals surface area contributed by atoms with Crippen molar-refractivity contribution in [3.05, 3.63) is 95.1 Å². The molecule has 0 radical (unpaired) electrons. The van der Waals surface area contributed by atoms with Crippen LogP contribution >= 0.6 is 0 Å². The van der Waals surface area contributed by atoms with E-state index in [1.165, 1.54) is 29.2 Å². The van der Waals surface area contributed by atoms with E-state index in [0.29, 0.717) is 31.4 Å². The zero-order chi connectivity index (χ0) is 29.2. The van der Waals surface area contributed by atoms with E-state index in [9.17, 15) is 17.6 Å². The molecule has 2 saturated carbocycles. The summed E-state index contributed by atoms with van der Waals surface area (Å²) < 4.78 is 46.5. The molecule has 1 aromatic carbocycles. The van der Waals surface area contributed by atoms with Crippen molar-refractivity contribution in [2.75, 3.05) is 0 Å². The molecule has 11 heteroatoms. The van der Waals surface area contributed by atoms with Gasteiger partial charge >= 0.3 is 0 Å². The Hall–Kier alpha value is -3.96. The molecule has 3 heterocycles. The van der Waals surface area contributed by atoms with Gasteiger partial charge in [0.1, 0.15) is 16.4 Å². The molecular weight excluding hydrogens is 555 g/mol. The molecule has 0 spiro atoms. The zero-order valence-corrected chi connectivity index (χ0v) is 24.3. The average molecular weight is 587 g/mol. The maximum absolute atomic E-state index is 14.6. The van der Waals surface area contributed by atoms with Gasteiger partial charge in [-0.1, -0.05) is 5.57 Å². The molecule has 216 valence electrons. The summed E-state index contributed by atoms with van der Waals surface area (Å²) in [6.07, 6.45) is 11.9. The zero-order valence-electron chi connectivity index (χ0n) is 23.4. The van der Waals surface area contributed by atoms with E-state index in [0.717, 1.165) is 40.9 Å². The number of hydrogen-bond donors (Lipinski definition) is 0. The first-order chi connectivity index (χ1) is 20.2. The molecule has 0 N–H and O–H groups in total. The molecule has 3 aromatic heterocycles. The van der Waals surface area contributed by atoms with E-state index in [4.69, 9.17) is 0 Å². The largest absolute Gasteiger partial charge is 0.291 e. The molecule has 2 fully saturated rings. The Morgan fingerprint density at radius 2 is 1.86 bits per heavy atom. The number of ketones is 1. The van der Waals surface area contributed by atoms with Crippen LogP contribution in [0.4, 0.5) is 4.39 Å². The molecule has 2 atom stereocenters. The van der Waals surface area contributed by atoms with Crippen LogP contribution in [0, 0.1) is 18.2 Å². The number of carbonyl (C=O) groups is 1. The number of Topliss-reactive ketones (excluding diaryl/α,β-unsaturated/α-hetero) is 1. The SMILES string of the molecule is Cc1ccnc(C(=O)[C@]23Cc4cnn(-c5ccc(F)cc5)c4C=C2CC[C@H](N(C2CC2)S(=O)(=O)c2cnn(C)c2)C3)c1. The number of aryl methyl sites for hydroxylation is 2. The van der Waals surface area contributed by atoms with Gasteiger partial charge < -0.3 is 0 Å². The lowest BCUT2D eigenvalue weighted by Gasteiger charge is -2.46. The van der Waals surface area contributed by atoms with Crippen LogP contribution in [0.15, 0.2) is 71.7 Å². The summed E-state index contributed by atoms with van der Waals surface area (Å²) in [7, 11) is -2.12. The van der Waals surface area contributed by atoms with Crippen molar-refractivity contribution in [2.24, 2.45) is 12.5 Å². The fourth-order valence-electron chi connectivity index (χ4n) is 6.67. The molecule has 9 nitrogen and oxygen atoms in total. The van der Waals surface area contributed by atoms with E-state index in [-0.39, 0.29) is 28.6 Å². The normalized spacial score (nSPS) is 22.0. The van der Waals surface area contributed by atoms with Gasteiger partial charge in [-0.05, 0) is 99.0 Å². The highest BCUT2D eigenvalue weighted by molar-refractivity contribution is 7.89. The second-order valence-corrected chi connectivity index (χ2v) is 13.6. The summed E-state index contributed by atoms with van der Waals surface area (Å²) in [6.45, 7) is 1.93. The molecule has 0 bridgehead atoms. The van der Waals surface area contributed by atoms with Gasteiger partial charge in [0, 0.05) is 31.5 Å². The maximum atomic E-state index is 14.6. The Labute approximate surface area is 243 Å². The minimum Gasteiger partial charge on any atom is -0.291 e. The van der Waals surface area contributed by atoms with Gasteiger partial charge in [-0.3, -0.25) is 14.5 Å². The van der Waals surface area contributed by atoms with Crippen LogP contribution in [0.2, 0.25) is 0 Å². The van der Waals surface area contributed by atoms with Gasteiger partial charge in [-0.25, -0.2) is 17.5 Å². The number of sulfonamides is 1. The Bertz CT molecular complexity index is 1840. The van der Waals surface area contributed by atoms with Gasteiger partial charge in [-0.2, -0.15) is 14.5 Å². The number of allylic oxidation sites excluding steroid dienone is 1. The lowest BCUT2D eigenvalue weighted by molar-refractivity contribution is 0.0733. The van der Waals surface area contributed by atoms with Crippen LogP contribution < -0.4 is 0 Å². The smallest absolute Gasteiger partial charge is 0.246 e. The molecular formula is C31H31FN6O3S. The van der Waals surface area contributed by atoms with Crippen LogP contribution in [0.1, 0.15) is 59.4 Å². The summed E-state index contributed by atoms with van der Waals surface area (Å²) in [6, 6.07) is 9.37. The van der Waals surface area contributed by atoms with Crippen LogP contribution in [-0.2, 0) is 23.5 Å². The molecule has 0 aliphatic heterocycles. The van der Waals surface area contributed by atoms with Crippen molar-refractivity contribution in [1.29, 1.82) is 0 Å². The van der Waals surface area contributed by atoms with Crippen molar-refractivity contribution in [2.45, 2.75) is 62.4 Å². The summed E-state index contributed by atoms with van der Waals surface area (Å²) in [5.41, 5.74) is 3.77. The highest BCUT2D eigenvalue weighted by Crippen LogP contribution is 2.52. The molecule has 0 amide bonds. The van der Waals surface area contributed by atoms with E-state index in [1.807, 2.05) is 19.1 Å². The van der Waals surface area contributed by atoms with Gasteiger partial charge in [0.05, 0.1) is 29.2 Å². The van der Waals surface area contributed by atoms with Gasteiger partial charge in [0.25, 0.3) is 0 Å². The maximum Gasteiger partial charge on any atom is 0.246 e. The van der Waals surface area contributed by atoms with Gasteiger partial charge in [-0.15, -0.1) is 0 Å². The minimum atomic E-state index is -3.82. The van der Waals surface area contributed by atoms with Crippen LogP contribution in [0.5, 0.6) is 0 Å². The second kappa shape index (κ2) is 9.81. The number of hydrogen-bond acceptors (Lipinski definition) is 6. The number of nitrogens with zero attached hydrogens (tertiary/aromatic N) is 6. The number of fused-ring (bicyclic) bond motifs is 2. The molecule has 3 aliphatic carbocycles. The monoisotopic (exact) mass is 586 g/mol. The summed E-state index contributed by atoms with van der Waals surface area (Å²) >= 11 is 0. The average Bonchev–Trinajstić information content (AvgIpc) is 3.55. The number of rotatable bonds is 7. The first kappa shape index (κ1) is 26.9. The molecule has 7 rings (SSSR count). The summed E-state index contributed by atoms with van der Waals surface area (Å²) in [5, 5.41) is 8.73. The molecule has 42 heavy (non-hydrogen) atoms. The van der Waals surface area contributed by atoms with E-state index < -0.39 is 15.4 Å². The number of carbonyl (C=O) groups excluding carboxylic acids is 1. The van der Waals surface area contributed by atoms with Gasteiger partial charge in [0.15, 0.2) is 5.78 Å². The third-order valence-electron chi connectivity index (χ3n) is 8.81. The number of benzene rings is 1. The quantitative estimate of drug-likeness (QED) is 0.292. The fourth-order valence-corrected chi connectivity index (χ4v) is 8.55. The lowest BCUT2D eigenvalue weighted by Crippen LogP contribution is -2.51. The Morgan fingerprint density at radius 3 is 2.55 bits per heavy atom. The first-order valence-electron chi connectivity index (χ1n) is 14.2. The van der Waals surface area contributed by atoms with E-state index in [1.54, 1.807) is 46.6 Å². The van der Waals surface area contributed by atoms with Crippen molar-refractivity contribution in [1.82, 2.24) is 28.9 Å². The first-order valence-corrected chi connectivity index (χ1v) is 15.6. The minimum absolute atomic E-state index is 0.0876.